The van der Waals surface area contributed by atoms with Gasteiger partial charge in [0.05, 0.1) is 6.61 Å². The summed E-state index contributed by atoms with van der Waals surface area (Å²) in [5, 5.41) is 0. The molecule has 0 saturated carbocycles. The summed E-state index contributed by atoms with van der Waals surface area (Å²) in [6.45, 7) is 5.89. The molecule has 1 aromatic rings. The number of hydrogen-bond acceptors (Lipinski definition) is 3. The number of urea groups is 1. The molecule has 0 aliphatic carbocycles. The summed E-state index contributed by atoms with van der Waals surface area (Å²) in [7, 11) is 3.73. The number of ether oxygens (including phenoxy) is 1. The highest BCUT2D eigenvalue weighted by molar-refractivity contribution is 5.74. The molecule has 3 aliphatic heterocycles. The van der Waals surface area contributed by atoms with Gasteiger partial charge < -0.3 is 14.5 Å². The van der Waals surface area contributed by atoms with E-state index in [-0.39, 0.29) is 6.03 Å². The number of carbonyl (C=O) groups excluding carboxylic acids is 1. The predicted molar refractivity (Wildman–Crippen MR) is 103 cm³/mol. The van der Waals surface area contributed by atoms with Crippen molar-refractivity contribution in [2.75, 3.05) is 40.3 Å². The van der Waals surface area contributed by atoms with Crippen LogP contribution in [-0.4, -0.2) is 67.1 Å². The first-order chi connectivity index (χ1) is 12.6. The van der Waals surface area contributed by atoms with E-state index < -0.39 is 0 Å². The largest absolute Gasteiger partial charge is 0.494 e. The summed E-state index contributed by atoms with van der Waals surface area (Å²) in [5.74, 6) is 1.60. The molecule has 0 bridgehead atoms. The molecule has 5 heteroatoms. The molecule has 5 nitrogen and oxygen atoms in total. The number of rotatable bonds is 2. The number of likely N-dealkylation sites (tertiary alicyclic amines) is 1. The van der Waals surface area contributed by atoms with E-state index in [1.807, 2.05) is 21.0 Å². The minimum absolute atomic E-state index is 0.177. The van der Waals surface area contributed by atoms with Crippen molar-refractivity contribution in [2.45, 2.75) is 44.7 Å². The average molecular weight is 357 g/mol. The topological polar surface area (TPSA) is 36.0 Å². The second-order valence-electron chi connectivity index (χ2n) is 8.13. The van der Waals surface area contributed by atoms with Gasteiger partial charge in [0.1, 0.15) is 5.75 Å². The summed E-state index contributed by atoms with van der Waals surface area (Å²) in [6.07, 6.45) is 4.55. The normalized spacial score (nSPS) is 28.0. The monoisotopic (exact) mass is 357 g/mol. The molecule has 2 fully saturated rings. The average Bonchev–Trinajstić information content (AvgIpc) is 2.65. The van der Waals surface area contributed by atoms with E-state index in [2.05, 4.69) is 28.0 Å². The number of nitrogens with zero attached hydrogens (tertiary/aromatic N) is 3. The van der Waals surface area contributed by atoms with E-state index in [0.29, 0.717) is 24.6 Å². The van der Waals surface area contributed by atoms with Crippen molar-refractivity contribution in [3.8, 4) is 5.75 Å². The van der Waals surface area contributed by atoms with Crippen LogP contribution < -0.4 is 4.74 Å². The quantitative estimate of drug-likeness (QED) is 0.816. The number of amides is 2. The second-order valence-corrected chi connectivity index (χ2v) is 8.13. The van der Waals surface area contributed by atoms with E-state index in [1.165, 1.54) is 17.5 Å². The van der Waals surface area contributed by atoms with E-state index in [1.54, 1.807) is 4.90 Å². The Kier molecular flexibility index (Phi) is 4.82. The molecule has 2 amide bonds. The van der Waals surface area contributed by atoms with Crippen LogP contribution in [0.15, 0.2) is 18.2 Å². The molecule has 142 valence electrons. The van der Waals surface area contributed by atoms with Gasteiger partial charge in [-0.15, -0.1) is 0 Å². The first kappa shape index (κ1) is 17.7. The first-order valence-electron chi connectivity index (χ1n) is 10.1. The smallest absolute Gasteiger partial charge is 0.319 e. The van der Waals surface area contributed by atoms with Crippen LogP contribution in [0, 0.1) is 5.92 Å². The van der Waals surface area contributed by atoms with Crippen molar-refractivity contribution in [3.05, 3.63) is 29.3 Å². The van der Waals surface area contributed by atoms with Crippen molar-refractivity contribution in [1.82, 2.24) is 14.7 Å². The van der Waals surface area contributed by atoms with E-state index >= 15 is 0 Å². The standard InChI is InChI=1S/C21H31N3O2/c1-4-26-17-7-8-18-15(12-17)9-11-23-14-16-6-5-10-24(21(25)22(2)3)19(16)13-20(18)23/h7-8,12,16,19-20H,4-6,9-11,13-14H2,1-3H3. The molecule has 3 unspecified atom stereocenters. The predicted octanol–water partition coefficient (Wildman–Crippen LogP) is 3.15. The summed E-state index contributed by atoms with van der Waals surface area (Å²) < 4.78 is 5.70. The lowest BCUT2D eigenvalue weighted by molar-refractivity contribution is 0.00107. The van der Waals surface area contributed by atoms with Gasteiger partial charge in [-0.05, 0) is 61.8 Å². The fourth-order valence-electron chi connectivity index (χ4n) is 5.18. The highest BCUT2D eigenvalue weighted by Crippen LogP contribution is 2.43. The zero-order valence-electron chi connectivity index (χ0n) is 16.3. The van der Waals surface area contributed by atoms with Gasteiger partial charge in [-0.25, -0.2) is 4.79 Å². The van der Waals surface area contributed by atoms with E-state index in [4.69, 9.17) is 4.74 Å². The molecular formula is C21H31N3O2. The lowest BCUT2D eigenvalue weighted by Gasteiger charge is -2.52. The summed E-state index contributed by atoms with van der Waals surface area (Å²) >= 11 is 0. The Morgan fingerprint density at radius 1 is 1.31 bits per heavy atom. The fourth-order valence-corrected chi connectivity index (χ4v) is 5.18. The molecule has 0 aromatic heterocycles. The summed E-state index contributed by atoms with van der Waals surface area (Å²) in [4.78, 5) is 19.2. The minimum atomic E-state index is 0.177. The van der Waals surface area contributed by atoms with Crippen molar-refractivity contribution >= 4 is 6.03 Å². The Morgan fingerprint density at radius 3 is 2.92 bits per heavy atom. The molecule has 0 radical (unpaired) electrons. The maximum atomic E-state index is 12.7. The molecule has 3 heterocycles. The molecule has 3 aliphatic rings. The molecule has 2 saturated heterocycles. The van der Waals surface area contributed by atoms with Crippen LogP contribution in [0.1, 0.15) is 43.4 Å². The van der Waals surface area contributed by atoms with Gasteiger partial charge in [0.15, 0.2) is 0 Å². The Labute approximate surface area is 156 Å². The Hall–Kier alpha value is -1.75. The van der Waals surface area contributed by atoms with Crippen molar-refractivity contribution in [2.24, 2.45) is 5.92 Å². The van der Waals surface area contributed by atoms with E-state index in [0.717, 1.165) is 44.6 Å². The summed E-state index contributed by atoms with van der Waals surface area (Å²) in [6, 6.07) is 7.59. The van der Waals surface area contributed by atoms with Gasteiger partial charge in [-0.3, -0.25) is 4.90 Å². The zero-order valence-corrected chi connectivity index (χ0v) is 16.3. The molecule has 0 spiro atoms. The van der Waals surface area contributed by atoms with Crippen LogP contribution in [0.25, 0.3) is 0 Å². The number of piperidine rings is 2. The number of carbonyl (C=O) groups is 1. The van der Waals surface area contributed by atoms with Gasteiger partial charge in [-0.1, -0.05) is 6.07 Å². The van der Waals surface area contributed by atoms with Crippen molar-refractivity contribution < 1.29 is 9.53 Å². The van der Waals surface area contributed by atoms with Gasteiger partial charge in [0.2, 0.25) is 0 Å². The van der Waals surface area contributed by atoms with Gasteiger partial charge >= 0.3 is 6.03 Å². The van der Waals surface area contributed by atoms with Gasteiger partial charge in [-0.2, -0.15) is 0 Å². The molecule has 1 aromatic carbocycles. The molecule has 4 rings (SSSR count). The lowest BCUT2D eigenvalue weighted by atomic mass is 9.76. The maximum absolute atomic E-state index is 12.7. The third-order valence-corrected chi connectivity index (χ3v) is 6.37. The number of fused-ring (bicyclic) bond motifs is 4. The maximum Gasteiger partial charge on any atom is 0.319 e. The highest BCUT2D eigenvalue weighted by Gasteiger charge is 2.44. The number of benzene rings is 1. The molecule has 26 heavy (non-hydrogen) atoms. The summed E-state index contributed by atoms with van der Waals surface area (Å²) in [5.41, 5.74) is 2.87. The first-order valence-corrected chi connectivity index (χ1v) is 10.1. The van der Waals surface area contributed by atoms with Crippen molar-refractivity contribution in [1.29, 1.82) is 0 Å². The SMILES string of the molecule is CCOc1ccc2c(c1)CCN1CC3CCCN(C(=O)N(C)C)C3CC21. The van der Waals surface area contributed by atoms with E-state index in [9.17, 15) is 4.79 Å². The van der Waals surface area contributed by atoms with Crippen LogP contribution in [0.3, 0.4) is 0 Å². The van der Waals surface area contributed by atoms with Crippen LogP contribution in [-0.2, 0) is 6.42 Å². The zero-order chi connectivity index (χ0) is 18.3. The molecule has 3 atom stereocenters. The van der Waals surface area contributed by atoms with Crippen molar-refractivity contribution in [3.63, 3.8) is 0 Å². The highest BCUT2D eigenvalue weighted by atomic mass is 16.5. The van der Waals surface area contributed by atoms with Crippen LogP contribution in [0.4, 0.5) is 4.79 Å². The van der Waals surface area contributed by atoms with Crippen LogP contribution >= 0.6 is 0 Å². The van der Waals surface area contributed by atoms with Gasteiger partial charge in [0, 0.05) is 45.8 Å². The third kappa shape index (κ3) is 3.07. The van der Waals surface area contributed by atoms with Crippen LogP contribution in [0.2, 0.25) is 0 Å². The lowest BCUT2D eigenvalue weighted by Crippen LogP contribution is -2.59. The van der Waals surface area contributed by atoms with Gasteiger partial charge in [0.25, 0.3) is 0 Å². The van der Waals surface area contributed by atoms with Crippen LogP contribution in [0.5, 0.6) is 5.75 Å². The number of hydrogen-bond donors (Lipinski definition) is 0. The third-order valence-electron chi connectivity index (χ3n) is 6.37. The Bertz CT molecular complexity index is 675. The molecular weight excluding hydrogens is 326 g/mol. The minimum Gasteiger partial charge on any atom is -0.494 e. The molecule has 0 N–H and O–H groups in total. The Balaban J connectivity index is 1.60. The fraction of sp³-hybridized carbons (Fsp3) is 0.667. The Morgan fingerprint density at radius 2 is 2.15 bits per heavy atom. The second kappa shape index (κ2) is 7.10.